The molecule has 1 amide bonds. The van der Waals surface area contributed by atoms with Crippen LogP contribution in [-0.2, 0) is 14.8 Å². The topological polar surface area (TPSA) is 104 Å². The van der Waals surface area contributed by atoms with Crippen molar-refractivity contribution in [2.24, 2.45) is 11.8 Å². The number of aromatic carboxylic acids is 1. The summed E-state index contributed by atoms with van der Waals surface area (Å²) in [6, 6.07) is 5.87. The molecule has 1 aromatic carbocycles. The Morgan fingerprint density at radius 3 is 2.35 bits per heavy atom. The number of carbonyl (C=O) groups excluding carboxylic acids is 1. The highest BCUT2D eigenvalue weighted by Crippen LogP contribution is 2.29. The summed E-state index contributed by atoms with van der Waals surface area (Å²) in [6.45, 7) is 2.59. The lowest BCUT2D eigenvalue weighted by Gasteiger charge is -2.36. The van der Waals surface area contributed by atoms with E-state index in [0.717, 1.165) is 12.8 Å². The third kappa shape index (κ3) is 3.76. The van der Waals surface area contributed by atoms with Gasteiger partial charge in [-0.3, -0.25) is 4.79 Å². The number of carboxylic acid groups (broad SMARTS) is 1. The number of carbonyl (C=O) groups is 2. The van der Waals surface area contributed by atoms with Gasteiger partial charge in [0.15, 0.2) is 0 Å². The predicted octanol–water partition coefficient (Wildman–Crippen LogP) is 1.70. The number of benzene rings is 1. The van der Waals surface area contributed by atoms with Crippen molar-refractivity contribution in [1.29, 1.82) is 0 Å². The van der Waals surface area contributed by atoms with Gasteiger partial charge in [0.25, 0.3) is 0 Å². The van der Waals surface area contributed by atoms with Gasteiger partial charge in [0.1, 0.15) is 0 Å². The molecule has 2 fully saturated rings. The first-order valence-corrected chi connectivity index (χ1v) is 10.4. The number of carboxylic acids is 1. The third-order valence-electron chi connectivity index (χ3n) is 5.28. The average Bonchev–Trinajstić information content (AvgIpc) is 2.60. The molecule has 0 spiro atoms. The van der Waals surface area contributed by atoms with Crippen molar-refractivity contribution in [3.8, 4) is 0 Å². The standard InChI is InChI=1S/C18H24N2O5S/c1-12-10-14(11-12)19-17(21)13-6-8-20(9-7-13)26(24,25)16-5-3-2-4-15(16)18(22)23/h2-5,12-14H,6-11H2,1H3,(H,19,21)(H,22,23). The van der Waals surface area contributed by atoms with Crippen molar-refractivity contribution in [3.05, 3.63) is 29.8 Å². The Hall–Kier alpha value is -1.93. The Balaban J connectivity index is 1.64. The molecule has 0 unspecified atom stereocenters. The summed E-state index contributed by atoms with van der Waals surface area (Å²) in [6.07, 6.45) is 2.90. The zero-order valence-electron chi connectivity index (χ0n) is 14.7. The number of rotatable bonds is 5. The van der Waals surface area contributed by atoms with E-state index in [1.807, 2.05) is 0 Å². The number of hydrogen-bond acceptors (Lipinski definition) is 4. The molecule has 2 N–H and O–H groups in total. The SMILES string of the molecule is CC1CC(NC(=O)C2CCN(S(=O)(=O)c3ccccc3C(=O)O)CC2)C1. The van der Waals surface area contributed by atoms with E-state index in [1.165, 1.54) is 28.6 Å². The Bertz CT molecular complexity index is 794. The van der Waals surface area contributed by atoms with Crippen LogP contribution in [-0.4, -0.2) is 48.8 Å². The average molecular weight is 380 g/mol. The molecule has 1 heterocycles. The number of hydrogen-bond donors (Lipinski definition) is 2. The maximum atomic E-state index is 12.8. The fourth-order valence-corrected chi connectivity index (χ4v) is 5.36. The van der Waals surface area contributed by atoms with Crippen LogP contribution in [0.2, 0.25) is 0 Å². The van der Waals surface area contributed by atoms with Gasteiger partial charge < -0.3 is 10.4 Å². The minimum absolute atomic E-state index is 0.00452. The second kappa shape index (κ2) is 7.36. The number of nitrogens with one attached hydrogen (secondary N) is 1. The normalized spacial score (nSPS) is 24.7. The summed E-state index contributed by atoms with van der Waals surface area (Å²) >= 11 is 0. The molecule has 1 aromatic rings. The molecule has 1 saturated carbocycles. The van der Waals surface area contributed by atoms with Crippen molar-refractivity contribution in [1.82, 2.24) is 9.62 Å². The Labute approximate surface area is 153 Å². The number of amides is 1. The maximum Gasteiger partial charge on any atom is 0.337 e. The summed E-state index contributed by atoms with van der Waals surface area (Å²) in [5.74, 6) is -0.799. The predicted molar refractivity (Wildman–Crippen MR) is 95.2 cm³/mol. The second-order valence-corrected chi connectivity index (χ2v) is 9.17. The van der Waals surface area contributed by atoms with Crippen molar-refractivity contribution in [2.45, 2.75) is 43.5 Å². The van der Waals surface area contributed by atoms with Crippen LogP contribution in [0.4, 0.5) is 0 Å². The minimum atomic E-state index is -3.89. The fraction of sp³-hybridized carbons (Fsp3) is 0.556. The van der Waals surface area contributed by atoms with Crippen molar-refractivity contribution in [3.63, 3.8) is 0 Å². The monoisotopic (exact) mass is 380 g/mol. The van der Waals surface area contributed by atoms with Gasteiger partial charge in [-0.1, -0.05) is 19.1 Å². The third-order valence-corrected chi connectivity index (χ3v) is 7.24. The summed E-state index contributed by atoms with van der Waals surface area (Å²) in [5.41, 5.74) is -0.230. The molecule has 0 radical (unpaired) electrons. The van der Waals surface area contributed by atoms with Crippen molar-refractivity contribution < 1.29 is 23.1 Å². The first-order valence-electron chi connectivity index (χ1n) is 8.92. The van der Waals surface area contributed by atoms with E-state index in [2.05, 4.69) is 12.2 Å². The van der Waals surface area contributed by atoms with Crippen LogP contribution in [0.15, 0.2) is 29.2 Å². The van der Waals surface area contributed by atoms with E-state index in [9.17, 15) is 23.1 Å². The Morgan fingerprint density at radius 1 is 1.15 bits per heavy atom. The molecule has 0 atom stereocenters. The number of sulfonamides is 1. The summed E-state index contributed by atoms with van der Waals surface area (Å²) in [4.78, 5) is 23.4. The molecule has 1 aliphatic heterocycles. The largest absolute Gasteiger partial charge is 0.478 e. The zero-order chi connectivity index (χ0) is 18.9. The van der Waals surface area contributed by atoms with E-state index >= 15 is 0 Å². The lowest BCUT2D eigenvalue weighted by Crippen LogP contribution is -2.48. The number of piperidine rings is 1. The van der Waals surface area contributed by atoms with E-state index in [0.29, 0.717) is 18.8 Å². The maximum absolute atomic E-state index is 12.8. The fourth-order valence-electron chi connectivity index (χ4n) is 3.70. The van der Waals surface area contributed by atoms with Crippen LogP contribution in [0.25, 0.3) is 0 Å². The highest BCUT2D eigenvalue weighted by atomic mass is 32.2. The van der Waals surface area contributed by atoms with Gasteiger partial charge in [0.2, 0.25) is 15.9 Å². The Kier molecular flexibility index (Phi) is 5.34. The van der Waals surface area contributed by atoms with Crippen LogP contribution in [0.1, 0.15) is 43.0 Å². The van der Waals surface area contributed by atoms with E-state index < -0.39 is 16.0 Å². The molecule has 7 nitrogen and oxygen atoms in total. The summed E-state index contributed by atoms with van der Waals surface area (Å²) in [5, 5.41) is 12.3. The zero-order valence-corrected chi connectivity index (χ0v) is 15.5. The smallest absolute Gasteiger partial charge is 0.337 e. The van der Waals surface area contributed by atoms with Crippen LogP contribution in [0.5, 0.6) is 0 Å². The number of nitrogens with zero attached hydrogens (tertiary/aromatic N) is 1. The molecule has 26 heavy (non-hydrogen) atoms. The highest BCUT2D eigenvalue weighted by molar-refractivity contribution is 7.89. The molecule has 142 valence electrons. The summed E-state index contributed by atoms with van der Waals surface area (Å²) in [7, 11) is -3.89. The molecule has 2 aliphatic rings. The van der Waals surface area contributed by atoms with Crippen molar-refractivity contribution in [2.75, 3.05) is 13.1 Å². The molecule has 8 heteroatoms. The van der Waals surface area contributed by atoms with Gasteiger partial charge in [-0.2, -0.15) is 4.31 Å². The van der Waals surface area contributed by atoms with Crippen LogP contribution >= 0.6 is 0 Å². The Morgan fingerprint density at radius 2 is 1.77 bits per heavy atom. The molecule has 0 aromatic heterocycles. The van der Waals surface area contributed by atoms with E-state index in [1.54, 1.807) is 0 Å². The molecule has 0 bridgehead atoms. The summed E-state index contributed by atoms with van der Waals surface area (Å²) < 4.78 is 26.9. The minimum Gasteiger partial charge on any atom is -0.478 e. The first kappa shape index (κ1) is 18.8. The quantitative estimate of drug-likeness (QED) is 0.809. The van der Waals surface area contributed by atoms with Gasteiger partial charge in [0, 0.05) is 25.0 Å². The molecule has 3 rings (SSSR count). The van der Waals surface area contributed by atoms with Gasteiger partial charge in [0.05, 0.1) is 10.5 Å². The van der Waals surface area contributed by atoms with Gasteiger partial charge in [-0.15, -0.1) is 0 Å². The lowest BCUT2D eigenvalue weighted by atomic mass is 9.81. The second-order valence-electron chi connectivity index (χ2n) is 7.26. The molecular formula is C18H24N2O5S. The van der Waals surface area contributed by atoms with Crippen LogP contribution in [0, 0.1) is 11.8 Å². The van der Waals surface area contributed by atoms with Crippen LogP contribution in [0.3, 0.4) is 0 Å². The molecular weight excluding hydrogens is 356 g/mol. The van der Waals surface area contributed by atoms with E-state index in [-0.39, 0.29) is 41.4 Å². The van der Waals surface area contributed by atoms with Crippen molar-refractivity contribution >= 4 is 21.9 Å². The van der Waals surface area contributed by atoms with Crippen LogP contribution < -0.4 is 5.32 Å². The van der Waals surface area contributed by atoms with Gasteiger partial charge in [-0.05, 0) is 43.7 Å². The first-order chi connectivity index (χ1) is 12.3. The molecule has 1 saturated heterocycles. The highest BCUT2D eigenvalue weighted by Gasteiger charge is 2.35. The van der Waals surface area contributed by atoms with Gasteiger partial charge >= 0.3 is 5.97 Å². The van der Waals surface area contributed by atoms with E-state index in [4.69, 9.17) is 0 Å². The molecule has 1 aliphatic carbocycles. The lowest BCUT2D eigenvalue weighted by molar-refractivity contribution is -0.127. The van der Waals surface area contributed by atoms with Gasteiger partial charge in [-0.25, -0.2) is 13.2 Å².